The number of hydrogen-bond acceptors (Lipinski definition) is 0. The van der Waals surface area contributed by atoms with Crippen LogP contribution in [0.2, 0.25) is 0 Å². The van der Waals surface area contributed by atoms with Crippen molar-refractivity contribution in [2.45, 2.75) is 83.1 Å². The van der Waals surface area contributed by atoms with Gasteiger partial charge in [0.05, 0.1) is 0 Å². The van der Waals surface area contributed by atoms with Crippen LogP contribution in [0.4, 0.5) is 0 Å². The highest BCUT2D eigenvalue weighted by Crippen LogP contribution is 1.99. The molecule has 0 N–H and O–H groups in total. The van der Waals surface area contributed by atoms with Crippen molar-refractivity contribution in [2.75, 3.05) is 0 Å². The van der Waals surface area contributed by atoms with Crippen LogP contribution in [-0.4, -0.2) is 0 Å². The van der Waals surface area contributed by atoms with Crippen molar-refractivity contribution < 1.29 is 0 Å². The first-order valence-electron chi connectivity index (χ1n) is 10.1. The molecule has 0 saturated heterocycles. The molecule has 0 saturated carbocycles. The van der Waals surface area contributed by atoms with Gasteiger partial charge in [-0.1, -0.05) is 101 Å². The third kappa shape index (κ3) is 66.4. The van der Waals surface area contributed by atoms with Crippen LogP contribution in [0, 0.1) is 59.7 Å². The third-order valence-corrected chi connectivity index (χ3v) is 2.35. The second kappa shape index (κ2) is 23.6. The monoisotopic (exact) mass is 360 g/mol. The second-order valence-electron chi connectivity index (χ2n) is 8.27. The van der Waals surface area contributed by atoms with E-state index in [0.717, 1.165) is 0 Å². The third-order valence-electron chi connectivity index (χ3n) is 2.35. The van der Waals surface area contributed by atoms with Gasteiger partial charge in [0.25, 0.3) is 0 Å². The lowest BCUT2D eigenvalue weighted by Gasteiger charge is -1.95. The Balaban J connectivity index is -0.000000127. The first-order valence-corrected chi connectivity index (χ1v) is 10.1. The normalized spacial score (nSPS) is 9.73. The maximum absolute atomic E-state index is 4.92. The molecule has 0 aromatic rings. The van der Waals surface area contributed by atoms with Crippen molar-refractivity contribution in [1.82, 2.24) is 0 Å². The molecule has 0 amide bonds. The average Bonchev–Trinajstić information content (AvgIpc) is 2.52. The average molecular weight is 361 g/mol. The van der Waals surface area contributed by atoms with Gasteiger partial charge in [-0.05, 0) is 17.8 Å². The molecular formula is C26H48. The fourth-order valence-corrected chi connectivity index (χ4v) is 0.778. The molecule has 0 aromatic heterocycles. The van der Waals surface area contributed by atoms with Crippen molar-refractivity contribution >= 4 is 0 Å². The summed E-state index contributed by atoms with van der Waals surface area (Å²) in [6.45, 7) is 28.9. The van der Waals surface area contributed by atoms with Crippen LogP contribution in [0.3, 0.4) is 0 Å². The Bertz CT molecular complexity index is 376. The summed E-state index contributed by atoms with van der Waals surface area (Å²) in [5, 5.41) is 0. The van der Waals surface area contributed by atoms with Gasteiger partial charge >= 0.3 is 0 Å². The van der Waals surface area contributed by atoms with Gasteiger partial charge in [-0.2, -0.15) is 0 Å². The van der Waals surface area contributed by atoms with E-state index in [1.54, 1.807) is 0 Å². The van der Waals surface area contributed by atoms with Crippen LogP contribution in [-0.2, 0) is 0 Å². The Morgan fingerprint density at radius 1 is 0.577 bits per heavy atom. The fraction of sp³-hybridized carbons (Fsp3) is 0.692. The molecule has 152 valence electrons. The summed E-state index contributed by atoms with van der Waals surface area (Å²) in [7, 11) is 0. The Morgan fingerprint density at radius 3 is 0.885 bits per heavy atom. The van der Waals surface area contributed by atoms with E-state index < -0.39 is 0 Å². The number of terminal acetylenes is 1. The van der Waals surface area contributed by atoms with E-state index in [0.29, 0.717) is 35.5 Å². The molecule has 0 rings (SSSR count). The number of rotatable bonds is 3. The molecule has 0 nitrogen and oxygen atoms in total. The largest absolute Gasteiger partial charge is 0.120 e. The van der Waals surface area contributed by atoms with Crippen LogP contribution >= 0.6 is 0 Å². The lowest BCUT2D eigenvalue weighted by molar-refractivity contribution is 0.780. The zero-order valence-corrected chi connectivity index (χ0v) is 20.0. The Hall–Kier alpha value is -1.40. The molecule has 0 aliphatic rings. The van der Waals surface area contributed by atoms with Crippen LogP contribution < -0.4 is 0 Å². The predicted molar refractivity (Wildman–Crippen MR) is 125 cm³/mol. The van der Waals surface area contributed by atoms with Crippen LogP contribution in [0.25, 0.3) is 0 Å². The van der Waals surface area contributed by atoms with Crippen molar-refractivity contribution in [3.63, 3.8) is 0 Å². The van der Waals surface area contributed by atoms with Gasteiger partial charge in [-0.25, -0.2) is 0 Å². The molecule has 0 heteroatoms. The SMILES string of the molecule is C#CC(C)C.C=CC(C)C.CC(C)C#CC(C)C.CC(C)C=CC(C)C. The molecule has 0 radical (unpaired) electrons. The van der Waals surface area contributed by atoms with E-state index in [2.05, 4.69) is 106 Å². The topological polar surface area (TPSA) is 0 Å². The Morgan fingerprint density at radius 2 is 0.808 bits per heavy atom. The lowest BCUT2D eigenvalue weighted by atomic mass is 10.1. The first kappa shape index (κ1) is 32.3. The minimum atomic E-state index is 0.412. The van der Waals surface area contributed by atoms with Gasteiger partial charge in [0.2, 0.25) is 0 Å². The predicted octanol–water partition coefficient (Wildman–Crippen LogP) is 8.26. The zero-order valence-electron chi connectivity index (χ0n) is 20.0. The molecule has 0 spiro atoms. The summed E-state index contributed by atoms with van der Waals surface area (Å²) >= 11 is 0. The van der Waals surface area contributed by atoms with Crippen molar-refractivity contribution in [2.24, 2.45) is 35.5 Å². The Labute approximate surface area is 167 Å². The smallest absolute Gasteiger partial charge is 0.0146 e. The maximum Gasteiger partial charge on any atom is 0.0146 e. The number of hydrogen-bond donors (Lipinski definition) is 0. The maximum atomic E-state index is 4.92. The number of allylic oxidation sites excluding steroid dienone is 3. The van der Waals surface area contributed by atoms with E-state index in [4.69, 9.17) is 6.42 Å². The quantitative estimate of drug-likeness (QED) is 0.351. The summed E-state index contributed by atoms with van der Waals surface area (Å²) in [6, 6.07) is 0. The van der Waals surface area contributed by atoms with E-state index in [-0.39, 0.29) is 0 Å². The van der Waals surface area contributed by atoms with Gasteiger partial charge in [0.15, 0.2) is 0 Å². The second-order valence-corrected chi connectivity index (χ2v) is 8.27. The summed E-state index contributed by atoms with van der Waals surface area (Å²) in [4.78, 5) is 0. The van der Waals surface area contributed by atoms with Crippen molar-refractivity contribution in [3.05, 3.63) is 24.8 Å². The lowest BCUT2D eigenvalue weighted by Crippen LogP contribution is -1.82. The van der Waals surface area contributed by atoms with Crippen LogP contribution in [0.5, 0.6) is 0 Å². The molecule has 0 unspecified atom stereocenters. The molecule has 0 bridgehead atoms. The highest BCUT2D eigenvalue weighted by Gasteiger charge is 1.85. The molecule has 0 aliphatic heterocycles. The molecule has 0 aromatic carbocycles. The molecule has 26 heavy (non-hydrogen) atoms. The minimum Gasteiger partial charge on any atom is -0.120 e. The van der Waals surface area contributed by atoms with E-state index in [1.807, 2.05) is 19.9 Å². The highest BCUT2D eigenvalue weighted by molar-refractivity contribution is 5.03. The van der Waals surface area contributed by atoms with E-state index in [9.17, 15) is 0 Å². The summed E-state index contributed by atoms with van der Waals surface area (Å²) in [5.41, 5.74) is 0. The Kier molecular flexibility index (Phi) is 29.3. The van der Waals surface area contributed by atoms with Gasteiger partial charge in [0.1, 0.15) is 0 Å². The standard InChI is InChI=1S/C8H16.C8H14.C5H10.C5H8/c2*1-7(2)5-6-8(3)4;2*1-4-5(2)3/h5-8H,1-4H3;7-8H,1-4H3;4-5H,1H2,2-3H3;1,5H,2-3H3. The fourth-order valence-electron chi connectivity index (χ4n) is 0.778. The van der Waals surface area contributed by atoms with Crippen LogP contribution in [0.1, 0.15) is 83.1 Å². The molecule has 0 atom stereocenters. The van der Waals surface area contributed by atoms with Crippen LogP contribution in [0.15, 0.2) is 24.8 Å². The van der Waals surface area contributed by atoms with Gasteiger partial charge in [-0.15, -0.1) is 30.8 Å². The van der Waals surface area contributed by atoms with Crippen molar-refractivity contribution in [1.29, 1.82) is 0 Å². The van der Waals surface area contributed by atoms with Gasteiger partial charge in [0, 0.05) is 17.8 Å². The summed E-state index contributed by atoms with van der Waals surface area (Å²) in [5.74, 6) is 12.2. The molecular weight excluding hydrogens is 312 g/mol. The minimum absolute atomic E-state index is 0.412. The molecule has 0 heterocycles. The van der Waals surface area contributed by atoms with Crippen molar-refractivity contribution in [3.8, 4) is 24.2 Å². The zero-order chi connectivity index (χ0) is 21.7. The summed E-state index contributed by atoms with van der Waals surface area (Å²) < 4.78 is 0. The first-order chi connectivity index (χ1) is 11.8. The van der Waals surface area contributed by atoms with E-state index in [1.165, 1.54) is 0 Å². The molecule has 0 aliphatic carbocycles. The van der Waals surface area contributed by atoms with Gasteiger partial charge < -0.3 is 0 Å². The van der Waals surface area contributed by atoms with E-state index >= 15 is 0 Å². The summed E-state index contributed by atoms with van der Waals surface area (Å²) in [6.07, 6.45) is 11.3. The highest BCUT2D eigenvalue weighted by atomic mass is 13.9. The van der Waals surface area contributed by atoms with Gasteiger partial charge in [-0.3, -0.25) is 0 Å². The molecule has 0 fully saturated rings.